The molecule has 0 saturated carbocycles. The van der Waals surface area contributed by atoms with Crippen LogP contribution in [-0.4, -0.2) is 10.4 Å². The molecule has 6 heteroatoms. The number of benzene rings is 8. The fourth-order valence-corrected chi connectivity index (χ4v) is 6.63. The summed E-state index contributed by atoms with van der Waals surface area (Å²) < 4.78 is 13.4. The first-order valence-electron chi connectivity index (χ1n) is 16.7. The number of nitrogens with one attached hydrogen (secondary N) is 2. The Bertz CT molecular complexity index is 2610. The van der Waals surface area contributed by atoms with Gasteiger partial charge in [-0.25, -0.2) is 0 Å². The van der Waals surface area contributed by atoms with Crippen molar-refractivity contribution in [1.82, 2.24) is 0 Å². The molecule has 4 N–H and O–H groups in total. The molecule has 0 aliphatic carbocycles. The van der Waals surface area contributed by atoms with E-state index in [1.807, 2.05) is 66.7 Å². The highest BCUT2D eigenvalue weighted by atomic mass is 16.5. The second-order valence-corrected chi connectivity index (χ2v) is 12.3. The van der Waals surface area contributed by atoms with Gasteiger partial charge in [0.2, 0.25) is 0 Å². The highest BCUT2D eigenvalue weighted by molar-refractivity contribution is 6.12. The van der Waals surface area contributed by atoms with Gasteiger partial charge < -0.3 is 9.47 Å². The van der Waals surface area contributed by atoms with Crippen molar-refractivity contribution in [2.45, 2.75) is 0 Å². The van der Waals surface area contributed by atoms with Gasteiger partial charge >= 0.3 is 0 Å². The first-order valence-corrected chi connectivity index (χ1v) is 16.7. The predicted octanol–water partition coefficient (Wildman–Crippen LogP) is 12.2. The minimum atomic E-state index is 0.466. The van der Waals surface area contributed by atoms with Crippen LogP contribution >= 0.6 is 0 Å². The molecule has 0 aromatic heterocycles. The molecule has 0 saturated heterocycles. The topological polar surface area (TPSA) is 83.0 Å². The van der Waals surface area contributed by atoms with Gasteiger partial charge in [0.1, 0.15) is 17.2 Å². The molecule has 0 unspecified atom stereocenters. The quantitative estimate of drug-likeness (QED) is 0.0900. The molecular formula is C46H32N2O4. The van der Waals surface area contributed by atoms with E-state index in [1.165, 1.54) is 0 Å². The van der Waals surface area contributed by atoms with Crippen LogP contribution in [0.25, 0.3) is 54.9 Å². The second kappa shape index (κ2) is 14.1. The van der Waals surface area contributed by atoms with Crippen molar-refractivity contribution >= 4 is 32.9 Å². The lowest BCUT2D eigenvalue weighted by molar-refractivity contribution is 0.388. The van der Waals surface area contributed by atoms with Gasteiger partial charge in [-0.3, -0.25) is 21.4 Å². The third-order valence-electron chi connectivity index (χ3n) is 9.07. The Morgan fingerprint density at radius 1 is 0.462 bits per heavy atom. The average Bonchev–Trinajstić information content (AvgIpc) is 3.21. The van der Waals surface area contributed by atoms with Gasteiger partial charge in [-0.15, -0.1) is 6.42 Å². The fraction of sp³-hybridized carbons (Fsp3) is 0. The van der Waals surface area contributed by atoms with Crippen molar-refractivity contribution in [3.63, 3.8) is 0 Å². The van der Waals surface area contributed by atoms with Gasteiger partial charge in [-0.1, -0.05) is 109 Å². The molecule has 0 atom stereocenters. The Labute approximate surface area is 301 Å². The molecule has 8 aromatic carbocycles. The number of terminal acetylenes is 1. The Morgan fingerprint density at radius 3 is 1.60 bits per heavy atom. The van der Waals surface area contributed by atoms with Gasteiger partial charge in [0.15, 0.2) is 5.75 Å². The van der Waals surface area contributed by atoms with Gasteiger partial charge in [0.05, 0.1) is 16.9 Å². The highest BCUT2D eigenvalue weighted by Crippen LogP contribution is 2.50. The number of fused-ring (bicyclic) bond motifs is 2. The van der Waals surface area contributed by atoms with E-state index in [0.717, 1.165) is 54.9 Å². The summed E-state index contributed by atoms with van der Waals surface area (Å²) in [6, 6.07) is 53.3. The van der Waals surface area contributed by atoms with Crippen LogP contribution in [0, 0.1) is 12.3 Å². The molecule has 0 aliphatic heterocycles. The first kappa shape index (κ1) is 32.2. The molecule has 8 rings (SSSR count). The largest absolute Gasteiger partial charge is 0.457 e. The maximum absolute atomic E-state index is 9.69. The third kappa shape index (κ3) is 6.26. The highest BCUT2D eigenvalue weighted by Gasteiger charge is 2.24. The van der Waals surface area contributed by atoms with Gasteiger partial charge in [0, 0.05) is 23.3 Å². The van der Waals surface area contributed by atoms with Crippen LogP contribution in [0.4, 0.5) is 11.4 Å². The summed E-state index contributed by atoms with van der Waals surface area (Å²) in [4.78, 5) is 0. The zero-order chi connectivity index (χ0) is 35.4. The fourth-order valence-electron chi connectivity index (χ4n) is 6.63. The summed E-state index contributed by atoms with van der Waals surface area (Å²) in [5.74, 6) is 4.93. The smallest absolute Gasteiger partial charge is 0.151 e. The van der Waals surface area contributed by atoms with E-state index in [2.05, 4.69) is 77.5 Å². The summed E-state index contributed by atoms with van der Waals surface area (Å²) in [6.07, 6.45) is 6.29. The minimum absolute atomic E-state index is 0.466. The van der Waals surface area contributed by atoms with E-state index in [-0.39, 0.29) is 0 Å². The van der Waals surface area contributed by atoms with E-state index >= 15 is 0 Å². The Kier molecular flexibility index (Phi) is 8.70. The zero-order valence-corrected chi connectivity index (χ0v) is 27.9. The molecule has 0 bridgehead atoms. The number of ether oxygens (including phenoxy) is 2. The molecule has 0 amide bonds. The summed E-state index contributed by atoms with van der Waals surface area (Å²) >= 11 is 0. The van der Waals surface area contributed by atoms with Crippen molar-refractivity contribution in [2.75, 3.05) is 11.0 Å². The van der Waals surface area contributed by atoms with Crippen molar-refractivity contribution in [3.05, 3.63) is 169 Å². The van der Waals surface area contributed by atoms with Crippen molar-refractivity contribution in [2.24, 2.45) is 0 Å². The first-order chi connectivity index (χ1) is 25.6. The number of anilines is 2. The number of hydrogen-bond acceptors (Lipinski definition) is 6. The van der Waals surface area contributed by atoms with Crippen LogP contribution in [0.2, 0.25) is 0 Å². The van der Waals surface area contributed by atoms with Crippen LogP contribution in [-0.2, 0) is 0 Å². The van der Waals surface area contributed by atoms with Gasteiger partial charge in [-0.2, -0.15) is 0 Å². The molecule has 0 fully saturated rings. The van der Waals surface area contributed by atoms with Crippen LogP contribution in [0.15, 0.2) is 164 Å². The lowest BCUT2D eigenvalue weighted by Crippen LogP contribution is -1.98. The van der Waals surface area contributed by atoms with Crippen molar-refractivity contribution in [1.29, 1.82) is 0 Å². The molecule has 8 aromatic rings. The minimum Gasteiger partial charge on any atom is -0.457 e. The molecular weight excluding hydrogens is 645 g/mol. The molecule has 6 nitrogen and oxygen atoms in total. The van der Waals surface area contributed by atoms with Gasteiger partial charge in [0.25, 0.3) is 0 Å². The lowest BCUT2D eigenvalue weighted by Gasteiger charge is -2.22. The summed E-state index contributed by atoms with van der Waals surface area (Å²) in [5.41, 5.74) is 11.8. The van der Waals surface area contributed by atoms with Crippen molar-refractivity contribution < 1.29 is 19.9 Å². The van der Waals surface area contributed by atoms with Crippen LogP contribution in [0.1, 0.15) is 5.56 Å². The maximum Gasteiger partial charge on any atom is 0.151 e. The number of rotatable bonds is 9. The SMILES string of the molecule is C#Cc1cc2cc(-c3ccccc3)ccc2c(-c2c(Oc3cccc(NO)c3)ccc3cc(-c4ccccc4)ccc23)c1Oc1cccc(NO)c1. The molecule has 0 radical (unpaired) electrons. The van der Waals surface area contributed by atoms with Crippen LogP contribution < -0.4 is 20.4 Å². The van der Waals surface area contributed by atoms with Gasteiger partial charge in [-0.05, 0) is 92.3 Å². The number of hydrogen-bond donors (Lipinski definition) is 4. The molecule has 52 heavy (non-hydrogen) atoms. The van der Waals surface area contributed by atoms with Crippen molar-refractivity contribution in [3.8, 4) is 68.7 Å². The Morgan fingerprint density at radius 2 is 1.02 bits per heavy atom. The summed E-state index contributed by atoms with van der Waals surface area (Å²) in [6.45, 7) is 0. The van der Waals surface area contributed by atoms with E-state index in [4.69, 9.17) is 15.9 Å². The molecule has 250 valence electrons. The normalized spacial score (nSPS) is 10.9. The lowest BCUT2D eigenvalue weighted by atomic mass is 9.88. The van der Waals surface area contributed by atoms with Crippen LogP contribution in [0.5, 0.6) is 23.0 Å². The monoisotopic (exact) mass is 676 g/mol. The van der Waals surface area contributed by atoms with E-state index in [9.17, 15) is 10.4 Å². The molecule has 0 aliphatic rings. The molecule has 0 spiro atoms. The second-order valence-electron chi connectivity index (χ2n) is 12.3. The van der Waals surface area contributed by atoms with E-state index < -0.39 is 0 Å². The summed E-state index contributed by atoms with van der Waals surface area (Å²) in [7, 11) is 0. The standard InChI is InChI=1S/C46H32N2O4/c1-2-30-25-36-27-34(32-13-7-4-8-14-32)20-23-42(36)45(46(30)52-40-18-10-16-38(29-40)48-50)44-41-22-19-33(31-11-5-3-6-12-31)26-35(41)21-24-43(44)51-39-17-9-15-37(28-39)47-49/h1,3-29,47-50H. The van der Waals surface area contributed by atoms with E-state index in [0.29, 0.717) is 39.9 Å². The zero-order valence-electron chi connectivity index (χ0n) is 27.9. The summed E-state index contributed by atoms with van der Waals surface area (Å²) in [5, 5.41) is 23.1. The predicted molar refractivity (Wildman–Crippen MR) is 210 cm³/mol. The van der Waals surface area contributed by atoms with E-state index in [1.54, 1.807) is 36.4 Å². The Balaban J connectivity index is 1.44. The maximum atomic E-state index is 9.69. The van der Waals surface area contributed by atoms with Crippen LogP contribution in [0.3, 0.4) is 0 Å². The average molecular weight is 677 g/mol. The third-order valence-corrected chi connectivity index (χ3v) is 9.07. The Hall–Kier alpha value is -7.04. The molecule has 0 heterocycles.